The third-order valence-electron chi connectivity index (χ3n) is 9.11. The third-order valence-corrected chi connectivity index (χ3v) is 9.11. The van der Waals surface area contributed by atoms with Gasteiger partial charge in [0.1, 0.15) is 0 Å². The zero-order valence-electron chi connectivity index (χ0n) is 19.5. The molecule has 3 aliphatic rings. The Balaban J connectivity index is 1.29. The molecule has 3 aliphatic carbocycles. The molecule has 7 atom stereocenters. The van der Waals surface area contributed by atoms with Crippen molar-refractivity contribution in [3.63, 3.8) is 0 Å². The van der Waals surface area contributed by atoms with Crippen LogP contribution in [0, 0.1) is 48.3 Å². The highest BCUT2D eigenvalue weighted by Crippen LogP contribution is 2.49. The standard InChI is InChI=1S/C28H41F3/c1-19-9-11-21(12-10-19)15-25-18-26(13-20(25)2)24-7-3-5-22(16-24)14-23-6-4-8-27(17-23)28(29,30)31/h9-12,20,22-27H,3-8,13-18H2,1-2H3. The van der Waals surface area contributed by atoms with Gasteiger partial charge >= 0.3 is 6.18 Å². The number of hydrogen-bond donors (Lipinski definition) is 0. The minimum Gasteiger partial charge on any atom is -0.171 e. The zero-order chi connectivity index (χ0) is 22.0. The van der Waals surface area contributed by atoms with E-state index in [1.807, 2.05) is 0 Å². The van der Waals surface area contributed by atoms with Gasteiger partial charge in [-0.05, 0) is 92.9 Å². The van der Waals surface area contributed by atoms with Gasteiger partial charge in [-0.2, -0.15) is 13.2 Å². The first-order valence-corrected chi connectivity index (χ1v) is 12.9. The number of hydrogen-bond acceptors (Lipinski definition) is 0. The lowest BCUT2D eigenvalue weighted by Gasteiger charge is -2.37. The normalized spacial score (nSPS) is 37.1. The second-order valence-corrected chi connectivity index (χ2v) is 11.5. The van der Waals surface area contributed by atoms with Gasteiger partial charge in [-0.25, -0.2) is 0 Å². The van der Waals surface area contributed by atoms with Gasteiger partial charge in [0.25, 0.3) is 0 Å². The van der Waals surface area contributed by atoms with E-state index in [1.54, 1.807) is 0 Å². The molecular weight excluding hydrogens is 393 g/mol. The lowest BCUT2D eigenvalue weighted by molar-refractivity contribution is -0.186. The molecule has 0 aliphatic heterocycles. The lowest BCUT2D eigenvalue weighted by atomic mass is 9.69. The van der Waals surface area contributed by atoms with E-state index in [9.17, 15) is 13.2 Å². The first-order chi connectivity index (χ1) is 14.8. The van der Waals surface area contributed by atoms with Crippen molar-refractivity contribution in [2.75, 3.05) is 0 Å². The minimum absolute atomic E-state index is 0.306. The summed E-state index contributed by atoms with van der Waals surface area (Å²) in [5.41, 5.74) is 2.80. The maximum absolute atomic E-state index is 13.2. The molecule has 3 heteroatoms. The van der Waals surface area contributed by atoms with Crippen LogP contribution in [-0.4, -0.2) is 6.18 Å². The van der Waals surface area contributed by atoms with Crippen molar-refractivity contribution in [2.45, 2.75) is 97.1 Å². The van der Waals surface area contributed by atoms with Crippen LogP contribution in [0.1, 0.15) is 88.7 Å². The van der Waals surface area contributed by atoms with Gasteiger partial charge < -0.3 is 0 Å². The third kappa shape index (κ3) is 6.08. The van der Waals surface area contributed by atoms with Crippen LogP contribution in [0.5, 0.6) is 0 Å². The molecule has 174 valence electrons. The number of aryl methyl sites for hydroxylation is 1. The summed E-state index contributed by atoms with van der Waals surface area (Å²) < 4.78 is 39.6. The monoisotopic (exact) mass is 434 g/mol. The summed E-state index contributed by atoms with van der Waals surface area (Å²) >= 11 is 0. The topological polar surface area (TPSA) is 0 Å². The van der Waals surface area contributed by atoms with Gasteiger partial charge in [-0.1, -0.05) is 68.9 Å². The number of halogens is 3. The van der Waals surface area contributed by atoms with E-state index in [-0.39, 0.29) is 0 Å². The van der Waals surface area contributed by atoms with E-state index in [0.717, 1.165) is 42.9 Å². The summed E-state index contributed by atoms with van der Waals surface area (Å²) in [7, 11) is 0. The van der Waals surface area contributed by atoms with E-state index in [1.165, 1.54) is 56.1 Å². The molecule has 3 saturated carbocycles. The van der Waals surface area contributed by atoms with E-state index >= 15 is 0 Å². The molecule has 0 N–H and O–H groups in total. The second-order valence-electron chi connectivity index (χ2n) is 11.5. The van der Waals surface area contributed by atoms with Crippen molar-refractivity contribution >= 4 is 0 Å². The molecule has 7 unspecified atom stereocenters. The Morgan fingerprint density at radius 3 is 2.19 bits per heavy atom. The summed E-state index contributed by atoms with van der Waals surface area (Å²) in [4.78, 5) is 0. The molecule has 0 nitrogen and oxygen atoms in total. The molecular formula is C28H41F3. The maximum Gasteiger partial charge on any atom is 0.391 e. The number of benzene rings is 1. The molecule has 1 aromatic rings. The molecule has 0 saturated heterocycles. The fraction of sp³-hybridized carbons (Fsp3) is 0.786. The number of rotatable bonds is 5. The quantitative estimate of drug-likeness (QED) is 0.434. The van der Waals surface area contributed by atoms with Crippen molar-refractivity contribution in [3.05, 3.63) is 35.4 Å². The Bertz CT molecular complexity index is 691. The highest BCUT2D eigenvalue weighted by molar-refractivity contribution is 5.22. The summed E-state index contributed by atoms with van der Waals surface area (Å²) in [6.45, 7) is 4.59. The largest absolute Gasteiger partial charge is 0.391 e. The molecule has 0 bridgehead atoms. The van der Waals surface area contributed by atoms with Gasteiger partial charge in [0.05, 0.1) is 5.92 Å². The van der Waals surface area contributed by atoms with Crippen molar-refractivity contribution < 1.29 is 13.2 Å². The predicted octanol–water partition coefficient (Wildman–Crippen LogP) is 8.77. The molecule has 31 heavy (non-hydrogen) atoms. The SMILES string of the molecule is Cc1ccc(CC2CC(C3CCCC(CC4CCCC(C(F)(F)F)C4)C3)CC2C)cc1. The Kier molecular flexibility index (Phi) is 7.38. The Morgan fingerprint density at radius 1 is 0.806 bits per heavy atom. The molecule has 3 fully saturated rings. The van der Waals surface area contributed by atoms with Crippen molar-refractivity contribution in [1.82, 2.24) is 0 Å². The Labute approximate surface area is 187 Å². The Morgan fingerprint density at radius 2 is 1.48 bits per heavy atom. The average molecular weight is 435 g/mol. The minimum atomic E-state index is -3.99. The molecule has 4 rings (SSSR count). The molecule has 0 heterocycles. The summed E-state index contributed by atoms with van der Waals surface area (Å²) in [5, 5.41) is 0. The molecule has 0 amide bonds. The van der Waals surface area contributed by atoms with Crippen LogP contribution in [0.2, 0.25) is 0 Å². The van der Waals surface area contributed by atoms with Crippen molar-refractivity contribution in [2.24, 2.45) is 41.4 Å². The summed E-state index contributed by atoms with van der Waals surface area (Å²) in [5.74, 6) is 3.16. The Hall–Kier alpha value is -0.990. The van der Waals surface area contributed by atoms with Crippen LogP contribution in [0.4, 0.5) is 13.2 Å². The molecule has 0 radical (unpaired) electrons. The van der Waals surface area contributed by atoms with Crippen LogP contribution < -0.4 is 0 Å². The smallest absolute Gasteiger partial charge is 0.171 e. The average Bonchev–Trinajstić information content (AvgIpc) is 3.10. The molecule has 1 aromatic carbocycles. The van der Waals surface area contributed by atoms with E-state index < -0.39 is 12.1 Å². The van der Waals surface area contributed by atoms with Crippen LogP contribution in [0.3, 0.4) is 0 Å². The van der Waals surface area contributed by atoms with Gasteiger partial charge in [0, 0.05) is 0 Å². The lowest BCUT2D eigenvalue weighted by Crippen LogP contribution is -2.30. The van der Waals surface area contributed by atoms with Crippen molar-refractivity contribution in [1.29, 1.82) is 0 Å². The van der Waals surface area contributed by atoms with Gasteiger partial charge in [-0.15, -0.1) is 0 Å². The predicted molar refractivity (Wildman–Crippen MR) is 122 cm³/mol. The molecule has 0 spiro atoms. The first-order valence-electron chi connectivity index (χ1n) is 12.9. The highest BCUT2D eigenvalue weighted by Gasteiger charge is 2.43. The van der Waals surface area contributed by atoms with Crippen LogP contribution >= 0.6 is 0 Å². The van der Waals surface area contributed by atoms with E-state index in [2.05, 4.69) is 38.1 Å². The van der Waals surface area contributed by atoms with E-state index in [4.69, 9.17) is 0 Å². The summed E-state index contributed by atoms with van der Waals surface area (Å²) in [6, 6.07) is 9.05. The first kappa shape index (κ1) is 23.2. The van der Waals surface area contributed by atoms with Crippen LogP contribution in [0.15, 0.2) is 24.3 Å². The maximum atomic E-state index is 13.2. The highest BCUT2D eigenvalue weighted by atomic mass is 19.4. The fourth-order valence-corrected chi connectivity index (χ4v) is 7.33. The fourth-order valence-electron chi connectivity index (χ4n) is 7.33. The second kappa shape index (κ2) is 9.87. The van der Waals surface area contributed by atoms with E-state index in [0.29, 0.717) is 24.7 Å². The summed E-state index contributed by atoms with van der Waals surface area (Å²) in [6.07, 6.45) is 8.69. The van der Waals surface area contributed by atoms with Gasteiger partial charge in [0.2, 0.25) is 0 Å². The van der Waals surface area contributed by atoms with Gasteiger partial charge in [0.15, 0.2) is 0 Å². The van der Waals surface area contributed by atoms with Crippen LogP contribution in [0.25, 0.3) is 0 Å². The van der Waals surface area contributed by atoms with Crippen molar-refractivity contribution in [3.8, 4) is 0 Å². The molecule has 0 aromatic heterocycles. The zero-order valence-corrected chi connectivity index (χ0v) is 19.5. The number of alkyl halides is 3. The van der Waals surface area contributed by atoms with Gasteiger partial charge in [-0.3, -0.25) is 0 Å². The van der Waals surface area contributed by atoms with Crippen LogP contribution in [-0.2, 0) is 6.42 Å².